The van der Waals surface area contributed by atoms with E-state index < -0.39 is 8.25 Å². The largest absolute Gasteiger partial charge is 0.692 e. The third-order valence-corrected chi connectivity index (χ3v) is 2.85. The molecule has 0 fully saturated rings. The SMILES string of the molecule is C1=Cc2ncsc2SN=C1.O=[P+](O)O. The van der Waals surface area contributed by atoms with Crippen LogP contribution in [0.15, 0.2) is 20.2 Å². The van der Waals surface area contributed by atoms with Crippen LogP contribution in [0.3, 0.4) is 0 Å². The van der Waals surface area contributed by atoms with Gasteiger partial charge in [0.05, 0.1) is 11.2 Å². The van der Waals surface area contributed by atoms with Crippen molar-refractivity contribution in [2.45, 2.75) is 4.21 Å². The topological polar surface area (TPSA) is 82.8 Å². The van der Waals surface area contributed by atoms with Crippen molar-refractivity contribution >= 4 is 43.8 Å². The molecule has 1 aromatic heterocycles. The second-order valence-electron chi connectivity index (χ2n) is 1.98. The van der Waals surface area contributed by atoms with E-state index in [0.29, 0.717) is 0 Å². The molecule has 0 unspecified atom stereocenters. The molecule has 0 spiro atoms. The van der Waals surface area contributed by atoms with Gasteiger partial charge < -0.3 is 0 Å². The second-order valence-corrected chi connectivity index (χ2v) is 4.40. The molecule has 0 aliphatic carbocycles. The third-order valence-electron chi connectivity index (χ3n) is 1.10. The van der Waals surface area contributed by atoms with Crippen molar-refractivity contribution in [3.05, 3.63) is 17.3 Å². The van der Waals surface area contributed by atoms with Gasteiger partial charge in [0, 0.05) is 22.7 Å². The predicted octanol–water partition coefficient (Wildman–Crippen LogP) is 1.88. The molecule has 2 heterocycles. The Hall–Kier alpha value is -0.590. The fourth-order valence-corrected chi connectivity index (χ4v) is 2.05. The molecule has 1 aliphatic rings. The second kappa shape index (κ2) is 6.00. The number of rotatable bonds is 0. The quantitative estimate of drug-likeness (QED) is 0.541. The van der Waals surface area contributed by atoms with Gasteiger partial charge in [-0.3, -0.25) is 0 Å². The lowest BCUT2D eigenvalue weighted by atomic mass is 10.4. The van der Waals surface area contributed by atoms with Gasteiger partial charge in [-0.2, -0.15) is 0 Å². The lowest BCUT2D eigenvalue weighted by Crippen LogP contribution is -1.68. The molecule has 0 aromatic carbocycles. The zero-order valence-electron chi connectivity index (χ0n) is 6.77. The Labute approximate surface area is 89.3 Å². The van der Waals surface area contributed by atoms with Gasteiger partial charge in [0.25, 0.3) is 0 Å². The monoisotopic (exact) mass is 249 g/mol. The lowest BCUT2D eigenvalue weighted by molar-refractivity contribution is 0.405. The standard InChI is InChI=1S/C6H4N2S2.HO3P/c1-2-5-6(9-4-7-5)10-8-3-1;1-4(2)3/h1-4H;(H-,1,2,3)/p+1. The van der Waals surface area contributed by atoms with Crippen molar-refractivity contribution in [2.75, 3.05) is 0 Å². The van der Waals surface area contributed by atoms with Crippen LogP contribution in [-0.2, 0) is 4.57 Å². The average Bonchev–Trinajstić information content (AvgIpc) is 2.42. The molecule has 8 heteroatoms. The van der Waals surface area contributed by atoms with E-state index in [9.17, 15) is 0 Å². The molecule has 0 bridgehead atoms. The Morgan fingerprint density at radius 2 is 2.14 bits per heavy atom. The summed E-state index contributed by atoms with van der Waals surface area (Å²) in [6.45, 7) is 0. The molecule has 74 valence electrons. The number of hydrogen-bond acceptors (Lipinski definition) is 5. The van der Waals surface area contributed by atoms with Crippen LogP contribution in [0.2, 0.25) is 0 Å². The number of nitrogens with zero attached hydrogens (tertiary/aromatic N) is 2. The van der Waals surface area contributed by atoms with Crippen LogP contribution in [0.25, 0.3) is 6.08 Å². The molecule has 2 rings (SSSR count). The maximum atomic E-state index is 8.70. The normalized spacial score (nSPS) is 12.4. The molecule has 0 radical (unpaired) electrons. The summed E-state index contributed by atoms with van der Waals surface area (Å²) in [4.78, 5) is 18.4. The maximum Gasteiger partial charge on any atom is 0.692 e. The van der Waals surface area contributed by atoms with E-state index in [1.165, 1.54) is 16.2 Å². The molecule has 0 amide bonds. The molecule has 0 saturated carbocycles. The van der Waals surface area contributed by atoms with Gasteiger partial charge in [0.15, 0.2) is 0 Å². The molecule has 2 N–H and O–H groups in total. The van der Waals surface area contributed by atoms with Crippen LogP contribution >= 0.6 is 31.5 Å². The Morgan fingerprint density at radius 1 is 1.43 bits per heavy atom. The first kappa shape index (κ1) is 11.5. The minimum atomic E-state index is -2.87. The minimum Gasteiger partial charge on any atom is -0.244 e. The van der Waals surface area contributed by atoms with Crippen LogP contribution < -0.4 is 0 Å². The van der Waals surface area contributed by atoms with Crippen LogP contribution in [-0.4, -0.2) is 21.0 Å². The van der Waals surface area contributed by atoms with Gasteiger partial charge in [-0.1, -0.05) is 0 Å². The van der Waals surface area contributed by atoms with Gasteiger partial charge in [0.2, 0.25) is 0 Å². The highest BCUT2D eigenvalue weighted by atomic mass is 32.2. The van der Waals surface area contributed by atoms with Gasteiger partial charge >= 0.3 is 8.25 Å². The van der Waals surface area contributed by atoms with E-state index in [-0.39, 0.29) is 0 Å². The molecule has 1 aliphatic heterocycles. The van der Waals surface area contributed by atoms with Gasteiger partial charge in [-0.15, -0.1) is 21.1 Å². The minimum absolute atomic E-state index is 1.03. The highest BCUT2D eigenvalue weighted by molar-refractivity contribution is 8.00. The zero-order chi connectivity index (χ0) is 10.4. The van der Waals surface area contributed by atoms with Crippen molar-refractivity contribution in [3.8, 4) is 0 Å². The first-order valence-corrected chi connectivity index (χ1v) is 6.17. The molecule has 5 nitrogen and oxygen atoms in total. The third kappa shape index (κ3) is 4.08. The smallest absolute Gasteiger partial charge is 0.244 e. The van der Waals surface area contributed by atoms with Crippen molar-refractivity contribution in [3.63, 3.8) is 0 Å². The maximum absolute atomic E-state index is 8.70. The fraction of sp³-hybridized carbons (Fsp3) is 0. The Kier molecular flexibility index (Phi) is 4.92. The molecule has 1 aromatic rings. The molecular weight excluding hydrogens is 243 g/mol. The average molecular weight is 249 g/mol. The van der Waals surface area contributed by atoms with Gasteiger partial charge in [0.1, 0.15) is 4.21 Å². The predicted molar refractivity (Wildman–Crippen MR) is 57.5 cm³/mol. The first-order valence-electron chi connectivity index (χ1n) is 3.35. The number of thiazole rings is 1. The summed E-state index contributed by atoms with van der Waals surface area (Å²) in [6.07, 6.45) is 5.65. The number of aromatic nitrogens is 1. The van der Waals surface area contributed by atoms with Crippen LogP contribution in [0, 0.1) is 0 Å². The van der Waals surface area contributed by atoms with Crippen molar-refractivity contribution in [1.82, 2.24) is 4.98 Å². The zero-order valence-corrected chi connectivity index (χ0v) is 9.30. The van der Waals surface area contributed by atoms with Crippen molar-refractivity contribution in [2.24, 2.45) is 4.40 Å². The number of fused-ring (bicyclic) bond motifs is 1. The van der Waals surface area contributed by atoms with Crippen LogP contribution in [0.1, 0.15) is 5.69 Å². The number of hydrogen-bond donors (Lipinski definition) is 2. The Bertz CT molecular complexity index is 373. The van der Waals surface area contributed by atoms with E-state index in [4.69, 9.17) is 14.4 Å². The summed E-state index contributed by atoms with van der Waals surface area (Å²) in [5.74, 6) is 0. The van der Waals surface area contributed by atoms with Crippen molar-refractivity contribution < 1.29 is 14.4 Å². The summed E-state index contributed by atoms with van der Waals surface area (Å²) in [5, 5.41) is 0. The number of allylic oxidation sites excluding steroid dienone is 1. The summed E-state index contributed by atoms with van der Waals surface area (Å²) in [5.41, 5.74) is 2.87. The summed E-state index contributed by atoms with van der Waals surface area (Å²) < 4.78 is 13.9. The summed E-state index contributed by atoms with van der Waals surface area (Å²) in [7, 11) is -2.87. The Morgan fingerprint density at radius 3 is 2.86 bits per heavy atom. The van der Waals surface area contributed by atoms with Crippen LogP contribution in [0.4, 0.5) is 0 Å². The van der Waals surface area contributed by atoms with E-state index in [1.54, 1.807) is 17.6 Å². The van der Waals surface area contributed by atoms with E-state index in [2.05, 4.69) is 9.38 Å². The highest BCUT2D eigenvalue weighted by Crippen LogP contribution is 2.29. The molecule has 0 saturated heterocycles. The lowest BCUT2D eigenvalue weighted by Gasteiger charge is -1.85. The van der Waals surface area contributed by atoms with E-state index in [1.807, 2.05) is 17.7 Å². The summed E-state index contributed by atoms with van der Waals surface area (Å²) >= 11 is 3.10. The van der Waals surface area contributed by atoms with Gasteiger partial charge in [-0.05, 0) is 12.2 Å². The van der Waals surface area contributed by atoms with Gasteiger partial charge in [-0.25, -0.2) is 9.38 Å². The molecule has 14 heavy (non-hydrogen) atoms. The van der Waals surface area contributed by atoms with E-state index in [0.717, 1.165) is 5.69 Å². The first-order chi connectivity index (χ1) is 6.70. The van der Waals surface area contributed by atoms with E-state index >= 15 is 0 Å². The fourth-order valence-electron chi connectivity index (χ4n) is 0.671. The molecular formula is C6H6N2O3PS2+. The highest BCUT2D eigenvalue weighted by Gasteiger charge is 2.03. The summed E-state index contributed by atoms with van der Waals surface area (Å²) in [6, 6.07) is 0. The molecule has 0 atom stereocenters. The Balaban J connectivity index is 0.000000213. The van der Waals surface area contributed by atoms with Crippen LogP contribution in [0.5, 0.6) is 0 Å². The van der Waals surface area contributed by atoms with Crippen molar-refractivity contribution in [1.29, 1.82) is 0 Å².